The standard InChI is InChI=1S/C22H19ClN4OS/c1-14-5-6-15(2)20-18(14)10-16(21(23)26-20)12-27(13-17-4-3-9-29-17)22(28)19-11-24-7-8-25-19/h3-11H,12-13H2,1-2H3. The van der Waals surface area contributed by atoms with E-state index in [-0.39, 0.29) is 5.91 Å². The van der Waals surface area contributed by atoms with Crippen molar-refractivity contribution >= 4 is 39.7 Å². The number of fused-ring (bicyclic) bond motifs is 1. The molecule has 29 heavy (non-hydrogen) atoms. The topological polar surface area (TPSA) is 59.0 Å². The van der Waals surface area contributed by atoms with Crippen molar-refractivity contribution in [1.82, 2.24) is 19.9 Å². The van der Waals surface area contributed by atoms with E-state index in [1.54, 1.807) is 22.4 Å². The van der Waals surface area contributed by atoms with Gasteiger partial charge in [-0.1, -0.05) is 29.8 Å². The van der Waals surface area contributed by atoms with Crippen LogP contribution in [0.4, 0.5) is 0 Å². The molecule has 0 aliphatic heterocycles. The van der Waals surface area contributed by atoms with E-state index in [0.29, 0.717) is 23.9 Å². The lowest BCUT2D eigenvalue weighted by Crippen LogP contribution is -2.30. The first-order chi connectivity index (χ1) is 14.0. The Labute approximate surface area is 178 Å². The minimum atomic E-state index is -0.191. The maximum atomic E-state index is 13.1. The van der Waals surface area contributed by atoms with Gasteiger partial charge in [-0.15, -0.1) is 11.3 Å². The molecule has 7 heteroatoms. The number of aryl methyl sites for hydroxylation is 2. The van der Waals surface area contributed by atoms with Gasteiger partial charge in [0.2, 0.25) is 0 Å². The Morgan fingerprint density at radius 3 is 2.69 bits per heavy atom. The Bertz CT molecular complexity index is 1160. The molecule has 146 valence electrons. The van der Waals surface area contributed by atoms with Crippen LogP contribution < -0.4 is 0 Å². The number of hydrogen-bond donors (Lipinski definition) is 0. The van der Waals surface area contributed by atoms with Crippen LogP contribution in [0.2, 0.25) is 5.15 Å². The number of rotatable bonds is 5. The number of nitrogens with zero attached hydrogens (tertiary/aromatic N) is 4. The SMILES string of the molecule is Cc1ccc(C)c2nc(Cl)c(CN(Cc3cccs3)C(=O)c3cnccn3)cc12. The monoisotopic (exact) mass is 422 g/mol. The molecule has 0 bridgehead atoms. The van der Waals surface area contributed by atoms with E-state index in [1.165, 1.54) is 12.4 Å². The van der Waals surface area contributed by atoms with Gasteiger partial charge in [0.1, 0.15) is 10.8 Å². The fourth-order valence-corrected chi connectivity index (χ4v) is 4.15. The molecule has 1 amide bonds. The van der Waals surface area contributed by atoms with Gasteiger partial charge in [-0.25, -0.2) is 9.97 Å². The average molecular weight is 423 g/mol. The first kappa shape index (κ1) is 19.5. The van der Waals surface area contributed by atoms with Gasteiger partial charge in [-0.2, -0.15) is 0 Å². The molecule has 0 radical (unpaired) electrons. The second kappa shape index (κ2) is 8.27. The van der Waals surface area contributed by atoms with Gasteiger partial charge in [-0.3, -0.25) is 9.78 Å². The number of aromatic nitrogens is 3. The summed E-state index contributed by atoms with van der Waals surface area (Å²) in [5.41, 5.74) is 4.21. The Hall–Kier alpha value is -2.83. The van der Waals surface area contributed by atoms with Crippen LogP contribution in [-0.2, 0) is 13.1 Å². The van der Waals surface area contributed by atoms with Gasteiger partial charge in [0.15, 0.2) is 0 Å². The molecule has 0 spiro atoms. The van der Waals surface area contributed by atoms with Crippen LogP contribution in [0.3, 0.4) is 0 Å². The number of pyridine rings is 1. The van der Waals surface area contributed by atoms with Crippen LogP contribution in [0.25, 0.3) is 10.9 Å². The van der Waals surface area contributed by atoms with Crippen LogP contribution in [0.1, 0.15) is 32.1 Å². The van der Waals surface area contributed by atoms with Crippen LogP contribution in [0, 0.1) is 13.8 Å². The molecule has 5 nitrogen and oxygen atoms in total. The molecule has 0 atom stereocenters. The minimum absolute atomic E-state index is 0.191. The lowest BCUT2D eigenvalue weighted by molar-refractivity contribution is 0.0725. The molecule has 0 N–H and O–H groups in total. The van der Waals surface area contributed by atoms with Gasteiger partial charge in [0, 0.05) is 34.8 Å². The van der Waals surface area contributed by atoms with E-state index in [1.807, 2.05) is 36.6 Å². The summed E-state index contributed by atoms with van der Waals surface area (Å²) in [7, 11) is 0. The molecule has 0 saturated heterocycles. The summed E-state index contributed by atoms with van der Waals surface area (Å²) in [5.74, 6) is -0.191. The molecule has 4 aromatic rings. The number of hydrogen-bond acceptors (Lipinski definition) is 5. The first-order valence-electron chi connectivity index (χ1n) is 9.16. The average Bonchev–Trinajstić information content (AvgIpc) is 3.24. The minimum Gasteiger partial charge on any atom is -0.328 e. The van der Waals surface area contributed by atoms with Crippen molar-refractivity contribution < 1.29 is 4.79 Å². The van der Waals surface area contributed by atoms with Crippen molar-refractivity contribution in [3.05, 3.63) is 86.7 Å². The van der Waals surface area contributed by atoms with E-state index in [4.69, 9.17) is 11.6 Å². The second-order valence-corrected chi connectivity index (χ2v) is 8.26. The molecule has 0 saturated carbocycles. The summed E-state index contributed by atoms with van der Waals surface area (Å²) >= 11 is 8.14. The first-order valence-corrected chi connectivity index (χ1v) is 10.4. The summed E-state index contributed by atoms with van der Waals surface area (Å²) in [6, 6.07) is 10.1. The zero-order valence-electron chi connectivity index (χ0n) is 16.1. The summed E-state index contributed by atoms with van der Waals surface area (Å²) in [6.45, 7) is 4.87. The molecular formula is C22H19ClN4OS. The van der Waals surface area contributed by atoms with Gasteiger partial charge >= 0.3 is 0 Å². The lowest BCUT2D eigenvalue weighted by Gasteiger charge is -2.22. The van der Waals surface area contributed by atoms with Crippen molar-refractivity contribution in [3.8, 4) is 0 Å². The highest BCUT2D eigenvalue weighted by molar-refractivity contribution is 7.09. The van der Waals surface area contributed by atoms with Crippen LogP contribution in [0.5, 0.6) is 0 Å². The predicted molar refractivity (Wildman–Crippen MR) is 116 cm³/mol. The van der Waals surface area contributed by atoms with E-state index in [0.717, 1.165) is 32.5 Å². The highest BCUT2D eigenvalue weighted by Crippen LogP contribution is 2.27. The Morgan fingerprint density at radius 2 is 1.97 bits per heavy atom. The zero-order chi connectivity index (χ0) is 20.4. The molecule has 4 rings (SSSR count). The Kier molecular flexibility index (Phi) is 5.56. The van der Waals surface area contributed by atoms with Crippen molar-refractivity contribution in [2.24, 2.45) is 0 Å². The molecule has 0 aliphatic rings. The maximum Gasteiger partial charge on any atom is 0.274 e. The van der Waals surface area contributed by atoms with Crippen LogP contribution in [-0.4, -0.2) is 25.8 Å². The van der Waals surface area contributed by atoms with E-state index >= 15 is 0 Å². The van der Waals surface area contributed by atoms with Crippen molar-refractivity contribution in [2.45, 2.75) is 26.9 Å². The zero-order valence-corrected chi connectivity index (χ0v) is 17.7. The summed E-state index contributed by atoms with van der Waals surface area (Å²) in [4.78, 5) is 28.8. The highest BCUT2D eigenvalue weighted by Gasteiger charge is 2.20. The molecule has 0 aliphatic carbocycles. The van der Waals surface area contributed by atoms with Gasteiger partial charge < -0.3 is 4.90 Å². The maximum absolute atomic E-state index is 13.1. The summed E-state index contributed by atoms with van der Waals surface area (Å²) in [5, 5.41) is 3.46. The van der Waals surface area contributed by atoms with E-state index in [9.17, 15) is 4.79 Å². The Balaban J connectivity index is 1.73. The number of thiophene rings is 1. The number of halogens is 1. The van der Waals surface area contributed by atoms with Gasteiger partial charge in [0.05, 0.1) is 18.3 Å². The van der Waals surface area contributed by atoms with E-state index < -0.39 is 0 Å². The molecule has 0 unspecified atom stereocenters. The third kappa shape index (κ3) is 4.13. The number of benzene rings is 1. The van der Waals surface area contributed by atoms with Crippen LogP contribution >= 0.6 is 22.9 Å². The number of amides is 1. The number of carbonyl (C=O) groups excluding carboxylic acids is 1. The highest BCUT2D eigenvalue weighted by atomic mass is 35.5. The van der Waals surface area contributed by atoms with Crippen molar-refractivity contribution in [2.75, 3.05) is 0 Å². The largest absolute Gasteiger partial charge is 0.328 e. The fourth-order valence-electron chi connectivity index (χ4n) is 3.23. The third-order valence-electron chi connectivity index (χ3n) is 4.79. The van der Waals surface area contributed by atoms with Crippen LogP contribution in [0.15, 0.2) is 54.3 Å². The molecule has 3 heterocycles. The molecule has 3 aromatic heterocycles. The molecule has 1 aromatic carbocycles. The third-order valence-corrected chi connectivity index (χ3v) is 5.98. The normalized spacial score (nSPS) is 11.0. The Morgan fingerprint density at radius 1 is 1.14 bits per heavy atom. The van der Waals surface area contributed by atoms with Gasteiger partial charge in [0.25, 0.3) is 5.91 Å². The van der Waals surface area contributed by atoms with Gasteiger partial charge in [-0.05, 0) is 42.5 Å². The fraction of sp³-hybridized carbons (Fsp3) is 0.182. The molecule has 0 fully saturated rings. The van der Waals surface area contributed by atoms with E-state index in [2.05, 4.69) is 27.9 Å². The van der Waals surface area contributed by atoms with Crippen molar-refractivity contribution in [3.63, 3.8) is 0 Å². The quantitative estimate of drug-likeness (QED) is 0.415. The smallest absolute Gasteiger partial charge is 0.274 e. The second-order valence-electron chi connectivity index (χ2n) is 6.87. The molecular weight excluding hydrogens is 404 g/mol. The van der Waals surface area contributed by atoms with Crippen molar-refractivity contribution in [1.29, 1.82) is 0 Å². The summed E-state index contributed by atoms with van der Waals surface area (Å²) < 4.78 is 0. The summed E-state index contributed by atoms with van der Waals surface area (Å²) in [6.07, 6.45) is 4.56. The lowest BCUT2D eigenvalue weighted by atomic mass is 10.0. The predicted octanol–water partition coefficient (Wildman–Crippen LogP) is 5.20. The number of carbonyl (C=O) groups is 1.